The van der Waals surface area contributed by atoms with Crippen molar-refractivity contribution in [3.05, 3.63) is 95.1 Å². The van der Waals surface area contributed by atoms with Crippen molar-refractivity contribution in [1.82, 2.24) is 10.3 Å². The topological polar surface area (TPSA) is 94.9 Å². The van der Waals surface area contributed by atoms with Crippen LogP contribution >= 0.6 is 0 Å². The van der Waals surface area contributed by atoms with Crippen LogP contribution in [0.3, 0.4) is 0 Å². The number of nitriles is 1. The number of halogens is 1. The maximum Gasteiger partial charge on any atom is 0.274 e. The Morgan fingerprint density at radius 3 is 2.59 bits per heavy atom. The second-order valence-electron chi connectivity index (χ2n) is 6.21. The molecule has 0 radical (unpaired) electrons. The number of aromatic nitrogens is 1. The molecule has 0 aliphatic carbocycles. The summed E-state index contributed by atoms with van der Waals surface area (Å²) in [5, 5.41) is 14.3. The molecule has 0 unspecified atom stereocenters. The van der Waals surface area contributed by atoms with Crippen LogP contribution in [0.4, 0.5) is 10.1 Å². The average Bonchev–Trinajstić information content (AvgIpc) is 2.75. The van der Waals surface area contributed by atoms with Crippen LogP contribution in [0.5, 0.6) is 0 Å². The summed E-state index contributed by atoms with van der Waals surface area (Å²) < 4.78 is 12.9. The standard InChI is InChI=1S/C22H17FN4O2/c23-18-6-4-15(5-7-18)8-10-26-21(28)17-9-11-25-20(13-17)22(29)27-19-3-1-2-16(12-19)14-24/h1-7,9,11-13H,8,10H2,(H,26,28)(H,27,29). The van der Waals surface area contributed by atoms with Gasteiger partial charge in [0.2, 0.25) is 0 Å². The van der Waals surface area contributed by atoms with Gasteiger partial charge in [-0.15, -0.1) is 0 Å². The molecule has 0 saturated heterocycles. The Hall–Kier alpha value is -4.05. The van der Waals surface area contributed by atoms with Crippen molar-refractivity contribution in [2.45, 2.75) is 6.42 Å². The van der Waals surface area contributed by atoms with Crippen molar-refractivity contribution in [2.24, 2.45) is 0 Å². The predicted molar refractivity (Wildman–Crippen MR) is 106 cm³/mol. The fraction of sp³-hybridized carbons (Fsp3) is 0.0909. The molecule has 29 heavy (non-hydrogen) atoms. The summed E-state index contributed by atoms with van der Waals surface area (Å²) in [7, 11) is 0. The zero-order chi connectivity index (χ0) is 20.6. The number of hydrogen-bond donors (Lipinski definition) is 2. The number of amides is 2. The van der Waals surface area contributed by atoms with Crippen molar-refractivity contribution in [1.29, 1.82) is 5.26 Å². The number of nitrogens with zero attached hydrogens (tertiary/aromatic N) is 2. The second-order valence-corrected chi connectivity index (χ2v) is 6.21. The summed E-state index contributed by atoms with van der Waals surface area (Å²) in [6.07, 6.45) is 1.94. The molecule has 3 rings (SSSR count). The molecule has 6 nitrogen and oxygen atoms in total. The molecule has 0 aliphatic rings. The van der Waals surface area contributed by atoms with E-state index in [2.05, 4.69) is 15.6 Å². The Kier molecular flexibility index (Phi) is 6.28. The van der Waals surface area contributed by atoms with Crippen LogP contribution in [0.1, 0.15) is 32.0 Å². The number of hydrogen-bond acceptors (Lipinski definition) is 4. The van der Waals surface area contributed by atoms with E-state index in [4.69, 9.17) is 5.26 Å². The first kappa shape index (κ1) is 19.7. The van der Waals surface area contributed by atoms with Gasteiger partial charge >= 0.3 is 0 Å². The lowest BCUT2D eigenvalue weighted by Gasteiger charge is -2.08. The van der Waals surface area contributed by atoms with Gasteiger partial charge in [-0.25, -0.2) is 4.39 Å². The summed E-state index contributed by atoms with van der Waals surface area (Å²) in [6, 6.07) is 17.5. The van der Waals surface area contributed by atoms with E-state index in [1.807, 2.05) is 6.07 Å². The van der Waals surface area contributed by atoms with Crippen LogP contribution < -0.4 is 10.6 Å². The monoisotopic (exact) mass is 388 g/mol. The number of nitrogens with one attached hydrogen (secondary N) is 2. The quantitative estimate of drug-likeness (QED) is 0.677. The largest absolute Gasteiger partial charge is 0.352 e. The molecule has 1 aromatic heterocycles. The van der Waals surface area contributed by atoms with Crippen LogP contribution in [0.2, 0.25) is 0 Å². The Morgan fingerprint density at radius 2 is 1.83 bits per heavy atom. The van der Waals surface area contributed by atoms with Gasteiger partial charge in [-0.2, -0.15) is 5.26 Å². The minimum Gasteiger partial charge on any atom is -0.352 e. The molecule has 0 bridgehead atoms. The van der Waals surface area contributed by atoms with Crippen molar-refractivity contribution < 1.29 is 14.0 Å². The van der Waals surface area contributed by atoms with E-state index in [0.29, 0.717) is 29.8 Å². The van der Waals surface area contributed by atoms with E-state index in [0.717, 1.165) is 5.56 Å². The van der Waals surface area contributed by atoms with Gasteiger partial charge in [0.05, 0.1) is 11.6 Å². The lowest BCUT2D eigenvalue weighted by Crippen LogP contribution is -2.26. The number of rotatable bonds is 6. The Bertz CT molecular complexity index is 1070. The normalized spacial score (nSPS) is 10.1. The number of pyridine rings is 1. The van der Waals surface area contributed by atoms with Gasteiger partial charge in [-0.3, -0.25) is 14.6 Å². The lowest BCUT2D eigenvalue weighted by molar-refractivity contribution is 0.0954. The number of carbonyl (C=O) groups is 2. The van der Waals surface area contributed by atoms with Gasteiger partial charge in [0.15, 0.2) is 0 Å². The Balaban J connectivity index is 1.60. The highest BCUT2D eigenvalue weighted by Gasteiger charge is 2.12. The van der Waals surface area contributed by atoms with Crippen molar-refractivity contribution in [2.75, 3.05) is 11.9 Å². The minimum atomic E-state index is -0.485. The number of benzene rings is 2. The minimum absolute atomic E-state index is 0.0820. The van der Waals surface area contributed by atoms with Gasteiger partial charge in [-0.05, 0) is 54.4 Å². The fourth-order valence-electron chi connectivity index (χ4n) is 2.63. The summed E-state index contributed by atoms with van der Waals surface area (Å²) >= 11 is 0. The van der Waals surface area contributed by atoms with Crippen LogP contribution in [0.25, 0.3) is 0 Å². The smallest absolute Gasteiger partial charge is 0.274 e. The van der Waals surface area contributed by atoms with Crippen LogP contribution in [-0.4, -0.2) is 23.3 Å². The van der Waals surface area contributed by atoms with Crippen molar-refractivity contribution >= 4 is 17.5 Å². The summed E-state index contributed by atoms with van der Waals surface area (Å²) in [6.45, 7) is 0.370. The van der Waals surface area contributed by atoms with E-state index < -0.39 is 5.91 Å². The molecule has 2 N–H and O–H groups in total. The first-order valence-corrected chi connectivity index (χ1v) is 8.85. The van der Waals surface area contributed by atoms with E-state index in [1.165, 1.54) is 30.5 Å². The van der Waals surface area contributed by atoms with Gasteiger partial charge < -0.3 is 10.6 Å². The molecule has 0 spiro atoms. The van der Waals surface area contributed by atoms with E-state index in [-0.39, 0.29) is 17.4 Å². The molecule has 0 fully saturated rings. The average molecular weight is 388 g/mol. The van der Waals surface area contributed by atoms with Crippen LogP contribution in [-0.2, 0) is 6.42 Å². The van der Waals surface area contributed by atoms with E-state index >= 15 is 0 Å². The van der Waals surface area contributed by atoms with Crippen LogP contribution in [0.15, 0.2) is 66.9 Å². The van der Waals surface area contributed by atoms with Crippen LogP contribution in [0, 0.1) is 17.1 Å². The third-order valence-corrected chi connectivity index (χ3v) is 4.12. The number of carbonyl (C=O) groups excluding carboxylic acids is 2. The highest BCUT2D eigenvalue weighted by molar-refractivity contribution is 6.04. The molecule has 0 saturated carbocycles. The molecule has 144 valence electrons. The van der Waals surface area contributed by atoms with Crippen molar-refractivity contribution in [3.8, 4) is 6.07 Å². The summed E-state index contributed by atoms with van der Waals surface area (Å²) in [5.74, 6) is -1.13. The third kappa shape index (κ3) is 5.47. The summed E-state index contributed by atoms with van der Waals surface area (Å²) in [4.78, 5) is 28.7. The molecule has 7 heteroatoms. The van der Waals surface area contributed by atoms with Gasteiger partial charge in [0.25, 0.3) is 11.8 Å². The fourth-order valence-corrected chi connectivity index (χ4v) is 2.63. The molecular formula is C22H17FN4O2. The van der Waals surface area contributed by atoms with E-state index in [1.54, 1.807) is 36.4 Å². The lowest BCUT2D eigenvalue weighted by atomic mass is 10.1. The highest BCUT2D eigenvalue weighted by atomic mass is 19.1. The Labute approximate surface area is 167 Å². The van der Waals surface area contributed by atoms with Gasteiger partial charge in [-0.1, -0.05) is 18.2 Å². The molecule has 2 amide bonds. The van der Waals surface area contributed by atoms with Crippen molar-refractivity contribution in [3.63, 3.8) is 0 Å². The van der Waals surface area contributed by atoms with Gasteiger partial charge in [0.1, 0.15) is 11.5 Å². The zero-order valence-electron chi connectivity index (χ0n) is 15.4. The predicted octanol–water partition coefficient (Wildman–Crippen LogP) is 3.32. The van der Waals surface area contributed by atoms with E-state index in [9.17, 15) is 14.0 Å². The molecular weight excluding hydrogens is 371 g/mol. The highest BCUT2D eigenvalue weighted by Crippen LogP contribution is 2.12. The SMILES string of the molecule is N#Cc1cccc(NC(=O)c2cc(C(=O)NCCc3ccc(F)cc3)ccn2)c1. The maximum atomic E-state index is 12.9. The third-order valence-electron chi connectivity index (χ3n) is 4.12. The molecule has 1 heterocycles. The number of anilines is 1. The molecule has 3 aromatic rings. The first-order valence-electron chi connectivity index (χ1n) is 8.85. The summed E-state index contributed by atoms with van der Waals surface area (Å²) in [5.41, 5.74) is 2.17. The zero-order valence-corrected chi connectivity index (χ0v) is 15.4. The molecule has 2 aromatic carbocycles. The molecule has 0 atom stereocenters. The second kappa shape index (κ2) is 9.24. The first-order chi connectivity index (χ1) is 14.0. The van der Waals surface area contributed by atoms with Gasteiger partial charge in [0, 0.05) is 24.0 Å². The Morgan fingerprint density at radius 1 is 1.03 bits per heavy atom. The molecule has 0 aliphatic heterocycles. The maximum absolute atomic E-state index is 12.9.